The summed E-state index contributed by atoms with van der Waals surface area (Å²) in [5, 5.41) is 2.41. The molecule has 1 unspecified atom stereocenters. The maximum absolute atomic E-state index is 12.3. The highest BCUT2D eigenvalue weighted by Gasteiger charge is 2.30. The number of alkyl carbamates (subject to hydrolysis) is 1. The summed E-state index contributed by atoms with van der Waals surface area (Å²) in [6.07, 6.45) is -0.676. The summed E-state index contributed by atoms with van der Waals surface area (Å²) in [7, 11) is 2.83. The van der Waals surface area contributed by atoms with Crippen LogP contribution in [-0.4, -0.2) is 67.6 Å². The number of hydrogen-bond acceptors (Lipinski definition) is 5. The van der Waals surface area contributed by atoms with Crippen molar-refractivity contribution in [1.82, 2.24) is 15.1 Å². The summed E-state index contributed by atoms with van der Waals surface area (Å²) < 4.78 is 9.59. The summed E-state index contributed by atoms with van der Waals surface area (Å²) in [5.74, 6) is 0.334. The second-order valence-corrected chi connectivity index (χ2v) is 5.78. The fourth-order valence-electron chi connectivity index (χ4n) is 2.59. The number of rotatable bonds is 5. The van der Waals surface area contributed by atoms with Crippen molar-refractivity contribution in [2.45, 2.75) is 19.5 Å². The van der Waals surface area contributed by atoms with Gasteiger partial charge in [0.05, 0.1) is 20.8 Å². The Kier molecular flexibility index (Phi) is 6.21. The van der Waals surface area contributed by atoms with Crippen molar-refractivity contribution >= 4 is 17.9 Å². The lowest BCUT2D eigenvalue weighted by molar-refractivity contribution is -0.146. The number of benzene rings is 1. The molecule has 2 rings (SSSR count). The van der Waals surface area contributed by atoms with Gasteiger partial charge in [-0.25, -0.2) is 4.79 Å². The standard InChI is InChI=1S/C17H23N3O5/c1-12(18-17(23)25-3)16(22)20-9-8-19(15(21)11-20)10-13-4-6-14(24-2)7-5-13/h4-7,12H,8-11H2,1-3H3,(H,18,23). The number of piperazine rings is 1. The molecule has 3 amide bonds. The van der Waals surface area contributed by atoms with Crippen molar-refractivity contribution < 1.29 is 23.9 Å². The number of nitrogens with one attached hydrogen (secondary N) is 1. The molecule has 0 spiro atoms. The Morgan fingerprint density at radius 1 is 1.20 bits per heavy atom. The second-order valence-electron chi connectivity index (χ2n) is 5.78. The van der Waals surface area contributed by atoms with Crippen LogP contribution >= 0.6 is 0 Å². The highest BCUT2D eigenvalue weighted by atomic mass is 16.5. The number of carbonyl (C=O) groups is 3. The number of ether oxygens (including phenoxy) is 2. The fraction of sp³-hybridized carbons (Fsp3) is 0.471. The molecule has 136 valence electrons. The molecule has 0 bridgehead atoms. The quantitative estimate of drug-likeness (QED) is 0.841. The zero-order valence-corrected chi connectivity index (χ0v) is 14.7. The van der Waals surface area contributed by atoms with Gasteiger partial charge in [0.2, 0.25) is 11.8 Å². The van der Waals surface area contributed by atoms with E-state index in [9.17, 15) is 14.4 Å². The predicted molar refractivity (Wildman–Crippen MR) is 90.0 cm³/mol. The van der Waals surface area contributed by atoms with Crippen LogP contribution in [0.3, 0.4) is 0 Å². The highest BCUT2D eigenvalue weighted by molar-refractivity contribution is 5.90. The third-order valence-corrected chi connectivity index (χ3v) is 4.05. The Balaban J connectivity index is 1.89. The van der Waals surface area contributed by atoms with Crippen LogP contribution in [0.25, 0.3) is 0 Å². The Morgan fingerprint density at radius 3 is 2.44 bits per heavy atom. The van der Waals surface area contributed by atoms with Gasteiger partial charge in [-0.1, -0.05) is 12.1 Å². The molecule has 8 nitrogen and oxygen atoms in total. The molecule has 0 radical (unpaired) electrons. The molecular weight excluding hydrogens is 326 g/mol. The molecule has 8 heteroatoms. The first-order valence-corrected chi connectivity index (χ1v) is 7.98. The largest absolute Gasteiger partial charge is 0.497 e. The van der Waals surface area contributed by atoms with Crippen LogP contribution in [0.15, 0.2) is 24.3 Å². The second kappa shape index (κ2) is 8.36. The first-order valence-electron chi connectivity index (χ1n) is 7.98. The lowest BCUT2D eigenvalue weighted by Crippen LogP contribution is -2.56. The molecule has 1 aromatic carbocycles. The minimum atomic E-state index is -0.742. The van der Waals surface area contributed by atoms with E-state index in [1.807, 2.05) is 24.3 Å². The Hall–Kier alpha value is -2.77. The van der Waals surface area contributed by atoms with Gasteiger partial charge in [-0.05, 0) is 24.6 Å². The van der Waals surface area contributed by atoms with Crippen LogP contribution in [0.4, 0.5) is 4.79 Å². The maximum atomic E-state index is 12.3. The zero-order valence-electron chi connectivity index (χ0n) is 14.7. The van der Waals surface area contributed by atoms with E-state index in [2.05, 4.69) is 10.1 Å². The molecule has 1 N–H and O–H groups in total. The van der Waals surface area contributed by atoms with Gasteiger partial charge in [-0.15, -0.1) is 0 Å². The lowest BCUT2D eigenvalue weighted by atomic mass is 10.1. The molecular formula is C17H23N3O5. The average Bonchev–Trinajstić information content (AvgIpc) is 2.63. The monoisotopic (exact) mass is 349 g/mol. The third kappa shape index (κ3) is 4.85. The average molecular weight is 349 g/mol. The van der Waals surface area contributed by atoms with E-state index >= 15 is 0 Å². The number of amides is 3. The van der Waals surface area contributed by atoms with Gasteiger partial charge in [-0.2, -0.15) is 0 Å². The van der Waals surface area contributed by atoms with Crippen molar-refractivity contribution in [2.24, 2.45) is 0 Å². The maximum Gasteiger partial charge on any atom is 0.407 e. The number of carbonyl (C=O) groups excluding carboxylic acids is 3. The Morgan fingerprint density at radius 2 is 1.88 bits per heavy atom. The van der Waals surface area contributed by atoms with E-state index in [1.54, 1.807) is 18.9 Å². The van der Waals surface area contributed by atoms with E-state index in [4.69, 9.17) is 4.74 Å². The molecule has 1 aromatic rings. The van der Waals surface area contributed by atoms with Crippen LogP contribution in [0.1, 0.15) is 12.5 Å². The van der Waals surface area contributed by atoms with Crippen LogP contribution in [0, 0.1) is 0 Å². The summed E-state index contributed by atoms with van der Waals surface area (Å²) >= 11 is 0. The lowest BCUT2D eigenvalue weighted by Gasteiger charge is -2.35. The normalized spacial score (nSPS) is 15.6. The predicted octanol–water partition coefficient (Wildman–Crippen LogP) is 0.611. The van der Waals surface area contributed by atoms with Crippen molar-refractivity contribution in [3.63, 3.8) is 0 Å². The highest BCUT2D eigenvalue weighted by Crippen LogP contribution is 2.15. The Bertz CT molecular complexity index is 632. The van der Waals surface area contributed by atoms with Gasteiger partial charge in [0.1, 0.15) is 11.8 Å². The molecule has 0 aromatic heterocycles. The molecule has 1 aliphatic heterocycles. The van der Waals surface area contributed by atoms with Gasteiger partial charge in [0, 0.05) is 19.6 Å². The first-order chi connectivity index (χ1) is 11.9. The number of methoxy groups -OCH3 is 2. The van der Waals surface area contributed by atoms with Gasteiger partial charge >= 0.3 is 6.09 Å². The van der Waals surface area contributed by atoms with Crippen molar-refractivity contribution in [2.75, 3.05) is 33.9 Å². The topological polar surface area (TPSA) is 88.2 Å². The van der Waals surface area contributed by atoms with E-state index in [0.29, 0.717) is 19.6 Å². The van der Waals surface area contributed by atoms with Crippen LogP contribution < -0.4 is 10.1 Å². The molecule has 0 aliphatic carbocycles. The van der Waals surface area contributed by atoms with Gasteiger partial charge in [-0.3, -0.25) is 9.59 Å². The van der Waals surface area contributed by atoms with Crippen molar-refractivity contribution in [1.29, 1.82) is 0 Å². The van der Waals surface area contributed by atoms with Crippen molar-refractivity contribution in [3.8, 4) is 5.75 Å². The van der Waals surface area contributed by atoms with Crippen molar-refractivity contribution in [3.05, 3.63) is 29.8 Å². The van der Waals surface area contributed by atoms with Crippen LogP contribution in [0.2, 0.25) is 0 Å². The smallest absolute Gasteiger partial charge is 0.407 e. The summed E-state index contributed by atoms with van der Waals surface area (Å²) in [5.41, 5.74) is 0.995. The zero-order chi connectivity index (χ0) is 18.4. The molecule has 1 fully saturated rings. The third-order valence-electron chi connectivity index (χ3n) is 4.05. The minimum Gasteiger partial charge on any atom is -0.497 e. The number of hydrogen-bond donors (Lipinski definition) is 1. The number of nitrogens with zero attached hydrogens (tertiary/aromatic N) is 2. The Labute approximate surface area is 146 Å². The minimum absolute atomic E-state index is 0.00216. The SMILES string of the molecule is COC(=O)NC(C)C(=O)N1CCN(Cc2ccc(OC)cc2)C(=O)C1. The molecule has 1 aliphatic rings. The van der Waals surface area contributed by atoms with E-state index < -0.39 is 12.1 Å². The molecule has 1 atom stereocenters. The van der Waals surface area contributed by atoms with Gasteiger partial charge < -0.3 is 24.6 Å². The van der Waals surface area contributed by atoms with E-state index in [1.165, 1.54) is 12.0 Å². The summed E-state index contributed by atoms with van der Waals surface area (Å²) in [6, 6.07) is 6.77. The molecule has 1 heterocycles. The molecule has 1 saturated heterocycles. The molecule has 25 heavy (non-hydrogen) atoms. The fourth-order valence-corrected chi connectivity index (χ4v) is 2.59. The molecule has 0 saturated carbocycles. The van der Waals surface area contributed by atoms with E-state index in [0.717, 1.165) is 11.3 Å². The van der Waals surface area contributed by atoms with Crippen LogP contribution in [-0.2, 0) is 20.9 Å². The summed E-state index contributed by atoms with van der Waals surface area (Å²) in [6.45, 7) is 2.92. The summed E-state index contributed by atoms with van der Waals surface area (Å²) in [4.78, 5) is 39.0. The van der Waals surface area contributed by atoms with Crippen LogP contribution in [0.5, 0.6) is 5.75 Å². The van der Waals surface area contributed by atoms with Gasteiger partial charge in [0.25, 0.3) is 0 Å². The first kappa shape index (κ1) is 18.6. The van der Waals surface area contributed by atoms with Gasteiger partial charge in [0.15, 0.2) is 0 Å². The van der Waals surface area contributed by atoms with E-state index in [-0.39, 0.29) is 18.4 Å².